The summed E-state index contributed by atoms with van der Waals surface area (Å²) in [6.45, 7) is 1.21. The van der Waals surface area contributed by atoms with Crippen molar-refractivity contribution in [2.24, 2.45) is 0 Å². The van der Waals surface area contributed by atoms with Crippen LogP contribution >= 0.6 is 11.6 Å². The van der Waals surface area contributed by atoms with Gasteiger partial charge < -0.3 is 10.2 Å². The third-order valence-electron chi connectivity index (χ3n) is 4.09. The van der Waals surface area contributed by atoms with Crippen molar-refractivity contribution in [1.29, 1.82) is 0 Å². The maximum atomic E-state index is 12.3. The molecular formula is C18H18ClN3O2. The van der Waals surface area contributed by atoms with Crippen LogP contribution in [0.3, 0.4) is 0 Å². The number of aromatic nitrogens is 1. The monoisotopic (exact) mass is 343 g/mol. The van der Waals surface area contributed by atoms with E-state index >= 15 is 0 Å². The quantitative estimate of drug-likeness (QED) is 0.932. The Morgan fingerprint density at radius 2 is 1.92 bits per heavy atom. The van der Waals surface area contributed by atoms with Gasteiger partial charge in [0.05, 0.1) is 0 Å². The minimum Gasteiger partial charge on any atom is -0.349 e. The van der Waals surface area contributed by atoms with E-state index in [9.17, 15) is 9.59 Å². The molecule has 5 nitrogen and oxygen atoms in total. The molecule has 1 fully saturated rings. The van der Waals surface area contributed by atoms with Gasteiger partial charge in [-0.05, 0) is 43.2 Å². The Morgan fingerprint density at radius 1 is 1.12 bits per heavy atom. The zero-order chi connectivity index (χ0) is 16.9. The number of carbonyl (C=O) groups is 2. The molecule has 0 bridgehead atoms. The Hall–Kier alpha value is -2.40. The number of nitrogens with zero attached hydrogens (tertiary/aromatic N) is 2. The Labute approximate surface area is 145 Å². The van der Waals surface area contributed by atoms with Crippen LogP contribution in [0.2, 0.25) is 5.02 Å². The van der Waals surface area contributed by atoms with Crippen molar-refractivity contribution in [1.82, 2.24) is 15.2 Å². The molecule has 0 unspecified atom stereocenters. The summed E-state index contributed by atoms with van der Waals surface area (Å²) >= 11 is 5.91. The fraction of sp³-hybridized carbons (Fsp3) is 0.278. The number of halogens is 1. The van der Waals surface area contributed by atoms with Crippen LogP contribution in [0.1, 0.15) is 33.7 Å². The number of nitrogens with one attached hydrogen (secondary N) is 1. The second-order valence-electron chi connectivity index (χ2n) is 5.77. The number of carbonyl (C=O) groups excluding carboxylic acids is 2. The first-order chi connectivity index (χ1) is 11.6. The third kappa shape index (κ3) is 3.92. The average Bonchev–Trinajstić information content (AvgIpc) is 2.62. The standard InChI is InChI=1S/C18H18ClN3O2/c19-14-5-3-4-13(12-14)17(23)21-15-7-10-22(11-8-15)18(24)16-6-1-2-9-20-16/h1-6,9,12,15H,7-8,10-11H2,(H,21,23). The number of pyridine rings is 1. The Kier molecular flexibility index (Phi) is 5.11. The van der Waals surface area contributed by atoms with Crippen LogP contribution in [0.15, 0.2) is 48.7 Å². The average molecular weight is 344 g/mol. The number of rotatable bonds is 3. The molecule has 1 N–H and O–H groups in total. The molecule has 124 valence electrons. The second kappa shape index (κ2) is 7.45. The van der Waals surface area contributed by atoms with E-state index in [4.69, 9.17) is 11.6 Å². The molecule has 0 aliphatic carbocycles. The Morgan fingerprint density at radius 3 is 2.58 bits per heavy atom. The van der Waals surface area contributed by atoms with Crippen molar-refractivity contribution in [3.8, 4) is 0 Å². The largest absolute Gasteiger partial charge is 0.349 e. The smallest absolute Gasteiger partial charge is 0.272 e. The van der Waals surface area contributed by atoms with Crippen molar-refractivity contribution in [3.63, 3.8) is 0 Å². The fourth-order valence-electron chi connectivity index (χ4n) is 2.78. The van der Waals surface area contributed by atoms with Crippen molar-refractivity contribution in [2.75, 3.05) is 13.1 Å². The van der Waals surface area contributed by atoms with E-state index in [-0.39, 0.29) is 17.9 Å². The summed E-state index contributed by atoms with van der Waals surface area (Å²) in [5.41, 5.74) is 1.01. The summed E-state index contributed by atoms with van der Waals surface area (Å²) in [7, 11) is 0. The lowest BCUT2D eigenvalue weighted by Gasteiger charge is -2.32. The molecule has 6 heteroatoms. The zero-order valence-electron chi connectivity index (χ0n) is 13.1. The summed E-state index contributed by atoms with van der Waals surface area (Å²) in [6.07, 6.45) is 3.07. The Balaban J connectivity index is 1.54. The number of hydrogen-bond donors (Lipinski definition) is 1. The number of likely N-dealkylation sites (tertiary alicyclic amines) is 1. The molecule has 0 spiro atoms. The van der Waals surface area contributed by atoms with Gasteiger partial charge in [0.25, 0.3) is 11.8 Å². The zero-order valence-corrected chi connectivity index (χ0v) is 13.9. The highest BCUT2D eigenvalue weighted by atomic mass is 35.5. The van der Waals surface area contributed by atoms with E-state index in [1.54, 1.807) is 53.6 Å². The van der Waals surface area contributed by atoms with Crippen molar-refractivity contribution < 1.29 is 9.59 Å². The molecule has 3 rings (SSSR count). The van der Waals surface area contributed by atoms with Gasteiger partial charge >= 0.3 is 0 Å². The van der Waals surface area contributed by atoms with Crippen LogP contribution in [0.25, 0.3) is 0 Å². The van der Waals surface area contributed by atoms with Crippen LogP contribution in [0.5, 0.6) is 0 Å². The second-order valence-corrected chi connectivity index (χ2v) is 6.20. The van der Waals surface area contributed by atoms with Crippen molar-refractivity contribution in [3.05, 3.63) is 64.9 Å². The maximum absolute atomic E-state index is 12.3. The van der Waals surface area contributed by atoms with Gasteiger partial charge in [-0.2, -0.15) is 0 Å². The van der Waals surface area contributed by atoms with Gasteiger partial charge in [0, 0.05) is 35.9 Å². The minimum absolute atomic E-state index is 0.0595. The van der Waals surface area contributed by atoms with E-state index in [1.807, 2.05) is 0 Å². The summed E-state index contributed by atoms with van der Waals surface area (Å²) < 4.78 is 0. The van der Waals surface area contributed by atoms with E-state index in [1.165, 1.54) is 0 Å². The molecule has 1 aromatic carbocycles. The molecule has 1 aliphatic heterocycles. The molecule has 2 aromatic rings. The highest BCUT2D eigenvalue weighted by Gasteiger charge is 2.25. The van der Waals surface area contributed by atoms with Gasteiger partial charge in [0.15, 0.2) is 0 Å². The molecule has 0 saturated carbocycles. The molecule has 24 heavy (non-hydrogen) atoms. The van der Waals surface area contributed by atoms with Crippen LogP contribution in [-0.4, -0.2) is 40.8 Å². The van der Waals surface area contributed by atoms with Gasteiger partial charge in [0.1, 0.15) is 5.69 Å². The topological polar surface area (TPSA) is 62.3 Å². The minimum atomic E-state index is -0.132. The highest BCUT2D eigenvalue weighted by Crippen LogP contribution is 2.15. The van der Waals surface area contributed by atoms with Gasteiger partial charge in [-0.15, -0.1) is 0 Å². The summed E-state index contributed by atoms with van der Waals surface area (Å²) in [5.74, 6) is -0.192. The first-order valence-corrected chi connectivity index (χ1v) is 8.28. The van der Waals surface area contributed by atoms with Crippen molar-refractivity contribution in [2.45, 2.75) is 18.9 Å². The number of hydrogen-bond acceptors (Lipinski definition) is 3. The predicted octanol–water partition coefficient (Wildman–Crippen LogP) is 2.77. The molecule has 0 radical (unpaired) electrons. The van der Waals surface area contributed by atoms with Gasteiger partial charge in [-0.3, -0.25) is 14.6 Å². The first kappa shape index (κ1) is 16.5. The summed E-state index contributed by atoms with van der Waals surface area (Å²) in [4.78, 5) is 30.5. The maximum Gasteiger partial charge on any atom is 0.272 e. The highest BCUT2D eigenvalue weighted by molar-refractivity contribution is 6.30. The van der Waals surface area contributed by atoms with Gasteiger partial charge in [-0.1, -0.05) is 23.7 Å². The number of piperidine rings is 1. The van der Waals surface area contributed by atoms with Gasteiger partial charge in [-0.25, -0.2) is 0 Å². The molecular weight excluding hydrogens is 326 g/mol. The van der Waals surface area contributed by atoms with E-state index < -0.39 is 0 Å². The van der Waals surface area contributed by atoms with Crippen LogP contribution < -0.4 is 5.32 Å². The normalized spacial score (nSPS) is 15.1. The molecule has 1 aromatic heterocycles. The molecule has 2 heterocycles. The SMILES string of the molecule is O=C(NC1CCN(C(=O)c2ccccn2)CC1)c1cccc(Cl)c1. The van der Waals surface area contributed by atoms with E-state index in [0.29, 0.717) is 29.4 Å². The number of benzene rings is 1. The summed E-state index contributed by atoms with van der Waals surface area (Å²) in [5, 5.41) is 3.55. The Bertz CT molecular complexity index is 728. The van der Waals surface area contributed by atoms with Crippen LogP contribution in [-0.2, 0) is 0 Å². The fourth-order valence-corrected chi connectivity index (χ4v) is 2.97. The molecule has 1 aliphatic rings. The number of amides is 2. The van der Waals surface area contributed by atoms with E-state index in [2.05, 4.69) is 10.3 Å². The molecule has 1 saturated heterocycles. The lowest BCUT2D eigenvalue weighted by atomic mass is 10.0. The van der Waals surface area contributed by atoms with Gasteiger partial charge in [0.2, 0.25) is 0 Å². The molecule has 0 atom stereocenters. The molecule has 2 amide bonds. The van der Waals surface area contributed by atoms with Crippen molar-refractivity contribution >= 4 is 23.4 Å². The predicted molar refractivity (Wildman–Crippen MR) is 92.1 cm³/mol. The first-order valence-electron chi connectivity index (χ1n) is 7.90. The van der Waals surface area contributed by atoms with E-state index in [0.717, 1.165) is 12.8 Å². The van der Waals surface area contributed by atoms with Crippen LogP contribution in [0, 0.1) is 0 Å². The summed E-state index contributed by atoms with van der Waals surface area (Å²) in [6, 6.07) is 12.2. The lowest BCUT2D eigenvalue weighted by molar-refractivity contribution is 0.0692. The third-order valence-corrected chi connectivity index (χ3v) is 4.32. The lowest BCUT2D eigenvalue weighted by Crippen LogP contribution is -2.46. The van der Waals surface area contributed by atoms with Crippen LogP contribution in [0.4, 0.5) is 0 Å².